The molecule has 2 heterocycles. The SMILES string of the molecule is Cc1nc(NC(=O)C(C)Cn2cc([N+](=O)[O-])cn2)sc1C. The van der Waals surface area contributed by atoms with E-state index < -0.39 is 4.92 Å². The second kappa shape index (κ2) is 6.00. The second-order valence-corrected chi connectivity index (χ2v) is 5.93. The van der Waals surface area contributed by atoms with E-state index in [-0.39, 0.29) is 24.1 Å². The molecule has 21 heavy (non-hydrogen) atoms. The number of thiazole rings is 1. The number of rotatable bonds is 5. The van der Waals surface area contributed by atoms with Crippen molar-refractivity contribution in [2.45, 2.75) is 27.3 Å². The molecule has 0 fully saturated rings. The molecule has 0 saturated heterocycles. The molecule has 0 spiro atoms. The van der Waals surface area contributed by atoms with Gasteiger partial charge in [0.25, 0.3) is 0 Å². The highest BCUT2D eigenvalue weighted by Gasteiger charge is 2.18. The largest absolute Gasteiger partial charge is 0.306 e. The molecule has 2 aromatic rings. The molecule has 112 valence electrons. The lowest BCUT2D eigenvalue weighted by Gasteiger charge is -2.10. The summed E-state index contributed by atoms with van der Waals surface area (Å²) >= 11 is 1.42. The monoisotopic (exact) mass is 309 g/mol. The normalized spacial score (nSPS) is 12.1. The van der Waals surface area contributed by atoms with Crippen molar-refractivity contribution in [3.8, 4) is 0 Å². The van der Waals surface area contributed by atoms with Crippen LogP contribution in [0.1, 0.15) is 17.5 Å². The Morgan fingerprint density at radius 1 is 1.57 bits per heavy atom. The molecule has 0 radical (unpaired) electrons. The molecule has 0 aliphatic heterocycles. The van der Waals surface area contributed by atoms with Gasteiger partial charge in [-0.3, -0.25) is 19.6 Å². The number of nitrogens with zero attached hydrogens (tertiary/aromatic N) is 4. The topological polar surface area (TPSA) is 103 Å². The van der Waals surface area contributed by atoms with Crippen molar-refractivity contribution in [2.24, 2.45) is 5.92 Å². The molecule has 0 saturated carbocycles. The molecule has 2 aromatic heterocycles. The van der Waals surface area contributed by atoms with Gasteiger partial charge < -0.3 is 5.32 Å². The zero-order valence-electron chi connectivity index (χ0n) is 11.9. The fourth-order valence-electron chi connectivity index (χ4n) is 1.67. The Balaban J connectivity index is 1.97. The Morgan fingerprint density at radius 2 is 2.29 bits per heavy atom. The van der Waals surface area contributed by atoms with E-state index in [1.165, 1.54) is 22.2 Å². The van der Waals surface area contributed by atoms with Crippen molar-refractivity contribution in [3.63, 3.8) is 0 Å². The first-order valence-corrected chi connectivity index (χ1v) is 7.10. The average molecular weight is 309 g/mol. The van der Waals surface area contributed by atoms with Gasteiger partial charge in [0, 0.05) is 4.88 Å². The molecule has 9 heteroatoms. The fourth-order valence-corrected chi connectivity index (χ4v) is 2.48. The summed E-state index contributed by atoms with van der Waals surface area (Å²) in [6.45, 7) is 5.82. The summed E-state index contributed by atoms with van der Waals surface area (Å²) < 4.78 is 1.39. The number of carbonyl (C=O) groups is 1. The number of aromatic nitrogens is 3. The molecule has 1 atom stereocenters. The smallest absolute Gasteiger partial charge is 0.302 e. The first kappa shape index (κ1) is 15.1. The second-order valence-electron chi connectivity index (χ2n) is 4.73. The molecular weight excluding hydrogens is 294 g/mol. The van der Waals surface area contributed by atoms with E-state index in [9.17, 15) is 14.9 Å². The van der Waals surface area contributed by atoms with Gasteiger partial charge in [0.15, 0.2) is 5.13 Å². The van der Waals surface area contributed by atoms with Crippen LogP contribution in [0.25, 0.3) is 0 Å². The Morgan fingerprint density at radius 3 is 2.81 bits per heavy atom. The van der Waals surface area contributed by atoms with Crippen LogP contribution < -0.4 is 5.32 Å². The molecule has 0 aromatic carbocycles. The third-order valence-corrected chi connectivity index (χ3v) is 3.99. The quantitative estimate of drug-likeness (QED) is 0.673. The molecule has 0 aliphatic carbocycles. The summed E-state index contributed by atoms with van der Waals surface area (Å²) in [5, 5.41) is 17.8. The van der Waals surface area contributed by atoms with Crippen molar-refractivity contribution in [2.75, 3.05) is 5.32 Å². The van der Waals surface area contributed by atoms with Crippen molar-refractivity contribution in [3.05, 3.63) is 33.1 Å². The molecule has 8 nitrogen and oxygen atoms in total. The molecule has 0 bridgehead atoms. The fraction of sp³-hybridized carbons (Fsp3) is 0.417. The Labute approximate surface area is 125 Å². The van der Waals surface area contributed by atoms with Crippen LogP contribution in [0.3, 0.4) is 0 Å². The summed E-state index contributed by atoms with van der Waals surface area (Å²) in [6, 6.07) is 0. The van der Waals surface area contributed by atoms with E-state index in [4.69, 9.17) is 0 Å². The maximum Gasteiger partial charge on any atom is 0.306 e. The molecule has 0 aliphatic rings. The van der Waals surface area contributed by atoms with Crippen molar-refractivity contribution < 1.29 is 9.72 Å². The van der Waals surface area contributed by atoms with Gasteiger partial charge in [0.05, 0.1) is 23.1 Å². The highest BCUT2D eigenvalue weighted by molar-refractivity contribution is 7.15. The summed E-state index contributed by atoms with van der Waals surface area (Å²) in [5.41, 5.74) is 0.805. The predicted octanol–water partition coefficient (Wildman–Crippen LogP) is 2.14. The van der Waals surface area contributed by atoms with Gasteiger partial charge in [-0.2, -0.15) is 5.10 Å². The van der Waals surface area contributed by atoms with E-state index in [1.807, 2.05) is 13.8 Å². The van der Waals surface area contributed by atoms with Crippen molar-refractivity contribution in [1.82, 2.24) is 14.8 Å². The highest BCUT2D eigenvalue weighted by atomic mass is 32.1. The Bertz CT molecular complexity index is 659. The minimum atomic E-state index is -0.518. The van der Waals surface area contributed by atoms with E-state index in [1.54, 1.807) is 6.92 Å². The maximum atomic E-state index is 12.1. The summed E-state index contributed by atoms with van der Waals surface area (Å²) in [6.07, 6.45) is 2.47. The Hall–Kier alpha value is -2.29. The first-order chi connectivity index (χ1) is 9.86. The van der Waals surface area contributed by atoms with Crippen LogP contribution in [0.2, 0.25) is 0 Å². The number of anilines is 1. The predicted molar refractivity (Wildman–Crippen MR) is 78.3 cm³/mol. The lowest BCUT2D eigenvalue weighted by Crippen LogP contribution is -2.24. The summed E-state index contributed by atoms with van der Waals surface area (Å²) in [7, 11) is 0. The molecule has 1 amide bonds. The van der Waals surface area contributed by atoms with Crippen LogP contribution in [0.15, 0.2) is 12.4 Å². The zero-order chi connectivity index (χ0) is 15.6. The minimum absolute atomic E-state index is 0.0891. The number of carbonyl (C=O) groups excluding carboxylic acids is 1. The lowest BCUT2D eigenvalue weighted by molar-refractivity contribution is -0.385. The van der Waals surface area contributed by atoms with E-state index in [0.717, 1.165) is 16.8 Å². The number of aryl methyl sites for hydroxylation is 2. The van der Waals surface area contributed by atoms with Crippen molar-refractivity contribution >= 4 is 28.1 Å². The summed E-state index contributed by atoms with van der Waals surface area (Å²) in [4.78, 5) is 27.4. The molecular formula is C12H15N5O3S. The van der Waals surface area contributed by atoms with Crippen LogP contribution in [0, 0.1) is 29.9 Å². The average Bonchev–Trinajstić information content (AvgIpc) is 2.97. The number of nitrogens with one attached hydrogen (secondary N) is 1. The first-order valence-electron chi connectivity index (χ1n) is 6.28. The Kier molecular flexibility index (Phi) is 4.32. The molecule has 1 unspecified atom stereocenters. The summed E-state index contributed by atoms with van der Waals surface area (Å²) in [5.74, 6) is -0.573. The van der Waals surface area contributed by atoms with Crippen LogP contribution in [-0.4, -0.2) is 25.6 Å². The van der Waals surface area contributed by atoms with E-state index in [0.29, 0.717) is 5.13 Å². The minimum Gasteiger partial charge on any atom is -0.302 e. The van der Waals surface area contributed by atoms with Gasteiger partial charge in [-0.25, -0.2) is 4.98 Å². The van der Waals surface area contributed by atoms with Gasteiger partial charge in [-0.1, -0.05) is 6.92 Å². The van der Waals surface area contributed by atoms with Gasteiger partial charge >= 0.3 is 5.69 Å². The number of nitro groups is 1. The van der Waals surface area contributed by atoms with Crippen LogP contribution in [0.5, 0.6) is 0 Å². The third kappa shape index (κ3) is 3.63. The molecule has 2 rings (SSSR count). The number of amides is 1. The van der Waals surface area contributed by atoms with E-state index in [2.05, 4.69) is 15.4 Å². The molecule has 1 N–H and O–H groups in total. The van der Waals surface area contributed by atoms with Gasteiger partial charge in [-0.15, -0.1) is 11.3 Å². The van der Waals surface area contributed by atoms with Gasteiger partial charge in [0.1, 0.15) is 12.4 Å². The highest BCUT2D eigenvalue weighted by Crippen LogP contribution is 2.21. The lowest BCUT2D eigenvalue weighted by atomic mass is 10.1. The third-order valence-electron chi connectivity index (χ3n) is 3.00. The standard InChI is InChI=1S/C12H15N5O3S/c1-7(5-16-6-10(4-13-16)17(19)20)11(18)15-12-14-8(2)9(3)21-12/h4,6-7H,5H2,1-3H3,(H,14,15,18). The zero-order valence-corrected chi connectivity index (χ0v) is 12.7. The number of hydrogen-bond acceptors (Lipinski definition) is 6. The van der Waals surface area contributed by atoms with Crippen molar-refractivity contribution in [1.29, 1.82) is 0 Å². The van der Waals surface area contributed by atoms with Crippen LogP contribution in [-0.2, 0) is 11.3 Å². The van der Waals surface area contributed by atoms with Gasteiger partial charge in [0.2, 0.25) is 5.91 Å². The van der Waals surface area contributed by atoms with Crippen LogP contribution in [0.4, 0.5) is 10.8 Å². The van der Waals surface area contributed by atoms with E-state index >= 15 is 0 Å². The van der Waals surface area contributed by atoms with Crippen LogP contribution >= 0.6 is 11.3 Å². The number of hydrogen-bond donors (Lipinski definition) is 1. The van der Waals surface area contributed by atoms with Gasteiger partial charge in [-0.05, 0) is 13.8 Å². The maximum absolute atomic E-state index is 12.1.